The van der Waals surface area contributed by atoms with Gasteiger partial charge in [0.1, 0.15) is 0 Å². The minimum absolute atomic E-state index is 0.0230. The van der Waals surface area contributed by atoms with Crippen molar-refractivity contribution >= 4 is 23.2 Å². The van der Waals surface area contributed by atoms with Crippen LogP contribution >= 0.6 is 11.3 Å². The molecule has 2 saturated heterocycles. The van der Waals surface area contributed by atoms with E-state index < -0.39 is 11.3 Å². The summed E-state index contributed by atoms with van der Waals surface area (Å²) in [5.41, 5.74) is 7.57. The van der Waals surface area contributed by atoms with E-state index >= 15 is 0 Å². The summed E-state index contributed by atoms with van der Waals surface area (Å²) in [6, 6.07) is 0.747. The van der Waals surface area contributed by atoms with Crippen LogP contribution in [0.4, 0.5) is 0 Å². The number of rotatable bonds is 7. The van der Waals surface area contributed by atoms with Gasteiger partial charge in [0.15, 0.2) is 0 Å². The van der Waals surface area contributed by atoms with Gasteiger partial charge < -0.3 is 11.1 Å². The normalized spacial score (nSPS) is 31.8. The Hall–Kier alpha value is -1.47. The zero-order valence-corrected chi connectivity index (χ0v) is 15.3. The fraction of sp³-hybridized carbons (Fsp3) is 0.722. The summed E-state index contributed by atoms with van der Waals surface area (Å²) < 4.78 is 0. The first-order valence-corrected chi connectivity index (χ1v) is 10.2. The Balaban J connectivity index is 1.57. The van der Waals surface area contributed by atoms with Gasteiger partial charge in [0.2, 0.25) is 11.8 Å². The molecule has 3 atom stereocenters. The third-order valence-electron chi connectivity index (χ3n) is 6.43. The smallest absolute Gasteiger partial charge is 0.236 e. The van der Waals surface area contributed by atoms with Crippen LogP contribution in [0.2, 0.25) is 0 Å². The van der Waals surface area contributed by atoms with Crippen LogP contribution in [-0.2, 0) is 16.0 Å². The van der Waals surface area contributed by atoms with Crippen LogP contribution in [0.3, 0.4) is 0 Å². The molecule has 1 aromatic rings. The first-order valence-electron chi connectivity index (χ1n) is 9.28. The fourth-order valence-corrected chi connectivity index (χ4v) is 5.62. The van der Waals surface area contributed by atoms with Crippen LogP contribution in [0.1, 0.15) is 44.2 Å². The number of primary amides is 1. The molecule has 3 aliphatic rings. The van der Waals surface area contributed by atoms with E-state index in [9.17, 15) is 9.59 Å². The van der Waals surface area contributed by atoms with Gasteiger partial charge in [-0.2, -0.15) is 0 Å². The molecule has 25 heavy (non-hydrogen) atoms. The molecule has 4 rings (SSSR count). The summed E-state index contributed by atoms with van der Waals surface area (Å²) in [5.74, 6) is 0.281. The minimum atomic E-state index is -0.494. The van der Waals surface area contributed by atoms with Crippen LogP contribution in [0.25, 0.3) is 0 Å². The van der Waals surface area contributed by atoms with E-state index in [-0.39, 0.29) is 18.5 Å². The molecule has 1 aromatic heterocycles. The summed E-state index contributed by atoms with van der Waals surface area (Å²) in [6.07, 6.45) is 7.75. The molecular weight excluding hydrogens is 336 g/mol. The summed E-state index contributed by atoms with van der Waals surface area (Å²) in [7, 11) is 0. The van der Waals surface area contributed by atoms with Crippen molar-refractivity contribution in [1.29, 1.82) is 0 Å². The second-order valence-corrected chi connectivity index (χ2v) is 8.63. The highest BCUT2D eigenvalue weighted by atomic mass is 32.1. The van der Waals surface area contributed by atoms with Crippen molar-refractivity contribution in [1.82, 2.24) is 15.2 Å². The predicted octanol–water partition coefficient (Wildman–Crippen LogP) is 1.31. The Morgan fingerprint density at radius 2 is 2.20 bits per heavy atom. The molecule has 0 radical (unpaired) electrons. The molecule has 1 saturated carbocycles. The van der Waals surface area contributed by atoms with E-state index in [0.29, 0.717) is 12.5 Å². The highest BCUT2D eigenvalue weighted by molar-refractivity contribution is 7.07. The lowest BCUT2D eigenvalue weighted by atomic mass is 9.70. The van der Waals surface area contributed by atoms with Gasteiger partial charge in [-0.25, -0.2) is 4.98 Å². The molecule has 2 bridgehead atoms. The lowest BCUT2D eigenvalue weighted by Crippen LogP contribution is -2.52. The van der Waals surface area contributed by atoms with Crippen LogP contribution < -0.4 is 11.1 Å². The van der Waals surface area contributed by atoms with Crippen molar-refractivity contribution in [3.8, 4) is 0 Å². The average molecular weight is 362 g/mol. The second kappa shape index (κ2) is 6.68. The number of hydrogen-bond acceptors (Lipinski definition) is 5. The molecule has 7 heteroatoms. The molecule has 2 aliphatic heterocycles. The molecule has 0 unspecified atom stereocenters. The maximum Gasteiger partial charge on any atom is 0.236 e. The van der Waals surface area contributed by atoms with Crippen molar-refractivity contribution in [2.45, 2.75) is 57.0 Å². The summed E-state index contributed by atoms with van der Waals surface area (Å²) in [5, 5.41) is 4.83. The molecule has 0 spiro atoms. The molecule has 3 N–H and O–H groups in total. The van der Waals surface area contributed by atoms with Crippen LogP contribution in [0.5, 0.6) is 0 Å². The van der Waals surface area contributed by atoms with Crippen molar-refractivity contribution in [3.05, 3.63) is 16.6 Å². The molecule has 136 valence electrons. The molecule has 3 fully saturated rings. The van der Waals surface area contributed by atoms with Gasteiger partial charge in [-0.05, 0) is 38.0 Å². The third kappa shape index (κ3) is 3.08. The van der Waals surface area contributed by atoms with Crippen LogP contribution in [0.15, 0.2) is 10.9 Å². The number of aromatic nitrogens is 1. The van der Waals surface area contributed by atoms with Crippen molar-refractivity contribution in [2.24, 2.45) is 17.1 Å². The highest BCUT2D eigenvalue weighted by Crippen LogP contribution is 2.52. The van der Waals surface area contributed by atoms with Crippen LogP contribution in [0, 0.1) is 11.3 Å². The molecule has 0 aromatic carbocycles. The van der Waals surface area contributed by atoms with E-state index in [0.717, 1.165) is 31.0 Å². The number of fused-ring (bicyclic) bond motifs is 2. The Labute approximate surface area is 152 Å². The van der Waals surface area contributed by atoms with Gasteiger partial charge in [-0.1, -0.05) is 6.42 Å². The fourth-order valence-electron chi connectivity index (χ4n) is 5.06. The molecule has 2 amide bonds. The number of nitrogens with two attached hydrogens (primary N) is 1. The quantitative estimate of drug-likeness (QED) is 0.765. The number of nitrogens with zero attached hydrogens (tertiary/aromatic N) is 2. The largest absolute Gasteiger partial charge is 0.368 e. The van der Waals surface area contributed by atoms with Crippen molar-refractivity contribution < 1.29 is 9.59 Å². The van der Waals surface area contributed by atoms with E-state index in [1.165, 1.54) is 25.7 Å². The minimum Gasteiger partial charge on any atom is -0.368 e. The molecule has 1 aliphatic carbocycles. The Morgan fingerprint density at radius 3 is 2.84 bits per heavy atom. The Bertz CT molecular complexity index is 646. The molecule has 3 heterocycles. The number of hydrogen-bond donors (Lipinski definition) is 2. The highest BCUT2D eigenvalue weighted by Gasteiger charge is 2.59. The summed E-state index contributed by atoms with van der Waals surface area (Å²) in [6.45, 7) is 1.04. The van der Waals surface area contributed by atoms with Crippen LogP contribution in [-0.4, -0.2) is 46.9 Å². The zero-order valence-electron chi connectivity index (χ0n) is 14.4. The number of carbonyl (C=O) groups excluding carboxylic acids is 2. The van der Waals surface area contributed by atoms with Gasteiger partial charge in [0, 0.05) is 30.4 Å². The number of nitrogens with one attached hydrogen (secondary N) is 1. The van der Waals surface area contributed by atoms with E-state index in [2.05, 4.69) is 15.2 Å². The summed E-state index contributed by atoms with van der Waals surface area (Å²) in [4.78, 5) is 31.3. The number of carbonyl (C=O) groups is 2. The molecular formula is C18H26N4O2S. The van der Waals surface area contributed by atoms with Gasteiger partial charge in [-0.3, -0.25) is 14.5 Å². The van der Waals surface area contributed by atoms with Gasteiger partial charge in [-0.15, -0.1) is 11.3 Å². The maximum atomic E-state index is 13.1. The Morgan fingerprint density at radius 1 is 1.36 bits per heavy atom. The van der Waals surface area contributed by atoms with E-state index in [1.807, 2.05) is 10.9 Å². The lowest BCUT2D eigenvalue weighted by Gasteiger charge is -2.37. The van der Waals surface area contributed by atoms with Gasteiger partial charge in [0.05, 0.1) is 23.2 Å². The maximum absolute atomic E-state index is 13.1. The topological polar surface area (TPSA) is 88.3 Å². The van der Waals surface area contributed by atoms with Gasteiger partial charge >= 0.3 is 0 Å². The van der Waals surface area contributed by atoms with Gasteiger partial charge in [0.25, 0.3) is 0 Å². The first kappa shape index (κ1) is 17.0. The number of thiazole rings is 1. The standard InChI is InChI=1S/C18H26N4O2S/c19-16(23)8-20-17(24)18(6-13-10-25-11-21-13)7-14-4-5-15(18)22(14)9-12-2-1-3-12/h10-12,14-15H,1-9H2,(H2,19,23)(H,20,24)/t14-,15+,18+/m1/s1. The molecule has 6 nitrogen and oxygen atoms in total. The van der Waals surface area contributed by atoms with Crippen molar-refractivity contribution in [3.63, 3.8) is 0 Å². The van der Waals surface area contributed by atoms with E-state index in [1.54, 1.807) is 11.3 Å². The first-order chi connectivity index (χ1) is 12.1. The van der Waals surface area contributed by atoms with E-state index in [4.69, 9.17) is 5.73 Å². The predicted molar refractivity (Wildman–Crippen MR) is 95.9 cm³/mol. The zero-order chi connectivity index (χ0) is 17.4. The SMILES string of the molecule is NC(=O)CNC(=O)[C@@]1(Cc2cscn2)C[C@H]2CC[C@@H]1N2CC1CCC1. The lowest BCUT2D eigenvalue weighted by molar-refractivity contribution is -0.134. The average Bonchev–Trinajstić information content (AvgIpc) is 3.24. The summed E-state index contributed by atoms with van der Waals surface area (Å²) >= 11 is 1.57. The monoisotopic (exact) mass is 362 g/mol. The third-order valence-corrected chi connectivity index (χ3v) is 7.06. The Kier molecular flexibility index (Phi) is 4.54. The number of amides is 2. The second-order valence-electron chi connectivity index (χ2n) is 7.91. The van der Waals surface area contributed by atoms with Crippen molar-refractivity contribution in [2.75, 3.05) is 13.1 Å².